The van der Waals surface area contributed by atoms with E-state index in [9.17, 15) is 23.1 Å². The molecule has 1 aliphatic rings. The number of hydrogen-bond acceptors (Lipinski definition) is 5. The second kappa shape index (κ2) is 11.6. The molecule has 1 saturated heterocycles. The zero-order valence-corrected chi connectivity index (χ0v) is 21.3. The number of aromatic nitrogens is 1. The lowest BCUT2D eigenvalue weighted by molar-refractivity contribution is -0.153. The van der Waals surface area contributed by atoms with E-state index in [2.05, 4.69) is 4.98 Å². The Bertz CT molecular complexity index is 1310. The smallest absolute Gasteiger partial charge is 0.309 e. The molecule has 2 aromatic carbocycles. The third kappa shape index (κ3) is 5.85. The maximum atomic E-state index is 15.7. The summed E-state index contributed by atoms with van der Waals surface area (Å²) in [5, 5.41) is 10.7. The number of hydrogen-bond donors (Lipinski definition) is 1. The molecule has 3 aromatic rings. The van der Waals surface area contributed by atoms with Crippen LogP contribution >= 0.6 is 0 Å². The molecule has 204 valence electrons. The average Bonchev–Trinajstić information content (AvgIpc) is 2.90. The SMILES string of the molecule is COc1ccc2ncc(C)c(C(F)CCC3(C(=O)O)CCN(CCOc4cc(F)cc(F)c4F)CC3)c2c1. The minimum absolute atomic E-state index is 0.0235. The predicted octanol–water partition coefficient (Wildman–Crippen LogP) is 6.01. The van der Waals surface area contributed by atoms with E-state index in [1.807, 2.05) is 4.90 Å². The Kier molecular flexibility index (Phi) is 8.40. The number of carboxylic acid groups (broad SMARTS) is 1. The quantitative estimate of drug-likeness (QED) is 0.254. The lowest BCUT2D eigenvalue weighted by atomic mass is 9.74. The average molecular weight is 535 g/mol. The first-order valence-electron chi connectivity index (χ1n) is 12.4. The number of methoxy groups -OCH3 is 1. The van der Waals surface area contributed by atoms with Crippen molar-refractivity contribution in [2.24, 2.45) is 5.41 Å². The maximum Gasteiger partial charge on any atom is 0.309 e. The predicted molar refractivity (Wildman–Crippen MR) is 134 cm³/mol. The summed E-state index contributed by atoms with van der Waals surface area (Å²) in [5.41, 5.74) is 0.740. The highest BCUT2D eigenvalue weighted by molar-refractivity contribution is 5.85. The molecule has 0 aliphatic carbocycles. The first kappa shape index (κ1) is 27.6. The second-order valence-electron chi connectivity index (χ2n) is 9.72. The van der Waals surface area contributed by atoms with E-state index in [0.717, 1.165) is 6.07 Å². The number of nitrogens with zero attached hydrogens (tertiary/aromatic N) is 2. The van der Waals surface area contributed by atoms with Gasteiger partial charge in [0.25, 0.3) is 0 Å². The summed E-state index contributed by atoms with van der Waals surface area (Å²) >= 11 is 0. The van der Waals surface area contributed by atoms with Gasteiger partial charge in [0, 0.05) is 30.3 Å². The van der Waals surface area contributed by atoms with E-state index >= 15 is 4.39 Å². The van der Waals surface area contributed by atoms with Gasteiger partial charge < -0.3 is 14.6 Å². The number of alkyl halides is 1. The fourth-order valence-electron chi connectivity index (χ4n) is 5.08. The molecule has 1 atom stereocenters. The maximum absolute atomic E-state index is 15.7. The van der Waals surface area contributed by atoms with Crippen molar-refractivity contribution in [2.45, 2.75) is 38.8 Å². The molecule has 10 heteroatoms. The van der Waals surface area contributed by atoms with E-state index in [1.54, 1.807) is 31.3 Å². The summed E-state index contributed by atoms with van der Waals surface area (Å²) in [5.74, 6) is -4.41. The molecule has 1 N–H and O–H groups in total. The minimum atomic E-state index is -1.38. The molecule has 0 radical (unpaired) electrons. The van der Waals surface area contributed by atoms with Crippen LogP contribution in [0, 0.1) is 29.8 Å². The lowest BCUT2D eigenvalue weighted by Gasteiger charge is -2.39. The van der Waals surface area contributed by atoms with Gasteiger partial charge in [0.05, 0.1) is 18.0 Å². The van der Waals surface area contributed by atoms with E-state index in [1.165, 1.54) is 7.11 Å². The topological polar surface area (TPSA) is 71.9 Å². The lowest BCUT2D eigenvalue weighted by Crippen LogP contribution is -2.45. The van der Waals surface area contributed by atoms with Crippen molar-refractivity contribution in [1.82, 2.24) is 9.88 Å². The van der Waals surface area contributed by atoms with Crippen molar-refractivity contribution < 1.29 is 36.9 Å². The van der Waals surface area contributed by atoms with Crippen LogP contribution in [0.4, 0.5) is 17.6 Å². The molecule has 0 spiro atoms. The summed E-state index contributed by atoms with van der Waals surface area (Å²) in [6.07, 6.45) is 1.06. The van der Waals surface area contributed by atoms with Gasteiger partial charge in [0.2, 0.25) is 5.82 Å². The van der Waals surface area contributed by atoms with E-state index in [4.69, 9.17) is 9.47 Å². The molecule has 1 aliphatic heterocycles. The molecule has 2 heterocycles. The highest BCUT2D eigenvalue weighted by atomic mass is 19.2. The highest BCUT2D eigenvalue weighted by Crippen LogP contribution is 2.41. The summed E-state index contributed by atoms with van der Waals surface area (Å²) in [6, 6.07) is 6.49. The van der Waals surface area contributed by atoms with Crippen molar-refractivity contribution in [3.05, 3.63) is 65.1 Å². The Morgan fingerprint density at radius 1 is 1.18 bits per heavy atom. The van der Waals surface area contributed by atoms with Crippen LogP contribution in [0.5, 0.6) is 11.5 Å². The largest absolute Gasteiger partial charge is 0.497 e. The number of likely N-dealkylation sites (tertiary alicyclic amines) is 1. The van der Waals surface area contributed by atoms with Crippen molar-refractivity contribution in [1.29, 1.82) is 0 Å². The molecule has 6 nitrogen and oxygen atoms in total. The number of piperidine rings is 1. The zero-order valence-electron chi connectivity index (χ0n) is 21.3. The fourth-order valence-corrected chi connectivity index (χ4v) is 5.08. The molecule has 0 amide bonds. The second-order valence-corrected chi connectivity index (χ2v) is 9.72. The Balaban J connectivity index is 1.37. The van der Waals surface area contributed by atoms with Crippen molar-refractivity contribution in [2.75, 3.05) is 33.4 Å². The van der Waals surface area contributed by atoms with Crippen molar-refractivity contribution in [3.8, 4) is 11.5 Å². The standard InChI is InChI=1S/C28H30F4N2O4/c1-17-16-33-23-4-3-19(37-2)15-20(23)25(17)21(30)5-6-28(27(35)36)7-9-34(10-8-28)11-12-38-24-14-18(29)13-22(31)26(24)32/h3-4,13-16,21H,5-12H2,1-2H3,(H,35,36). The van der Waals surface area contributed by atoms with Gasteiger partial charge in [-0.1, -0.05) is 0 Å². The molecular weight excluding hydrogens is 504 g/mol. The number of carbonyl (C=O) groups is 1. The number of fused-ring (bicyclic) bond motifs is 1. The van der Waals surface area contributed by atoms with Gasteiger partial charge in [-0.15, -0.1) is 0 Å². The van der Waals surface area contributed by atoms with Crippen LogP contribution in [-0.4, -0.2) is 54.3 Å². The molecule has 0 bridgehead atoms. The van der Waals surface area contributed by atoms with Crippen LogP contribution in [-0.2, 0) is 4.79 Å². The van der Waals surface area contributed by atoms with Gasteiger partial charge in [-0.2, -0.15) is 4.39 Å². The highest BCUT2D eigenvalue weighted by Gasteiger charge is 2.41. The summed E-state index contributed by atoms with van der Waals surface area (Å²) in [7, 11) is 1.53. The van der Waals surface area contributed by atoms with Crippen molar-refractivity contribution in [3.63, 3.8) is 0 Å². The van der Waals surface area contributed by atoms with Crippen LogP contribution in [0.15, 0.2) is 36.5 Å². The van der Waals surface area contributed by atoms with E-state index < -0.39 is 40.8 Å². The number of halogens is 4. The molecular formula is C28H30F4N2O4. The fraction of sp³-hybridized carbons (Fsp3) is 0.429. The Labute approximate surface area is 218 Å². The van der Waals surface area contributed by atoms with Crippen LogP contribution < -0.4 is 9.47 Å². The van der Waals surface area contributed by atoms with Crippen molar-refractivity contribution >= 4 is 16.9 Å². The van der Waals surface area contributed by atoms with Crippen LogP contribution in [0.2, 0.25) is 0 Å². The summed E-state index contributed by atoms with van der Waals surface area (Å²) < 4.78 is 66.6. The van der Waals surface area contributed by atoms with Crippen LogP contribution in [0.3, 0.4) is 0 Å². The minimum Gasteiger partial charge on any atom is -0.497 e. The number of pyridine rings is 1. The number of ether oxygens (including phenoxy) is 2. The van der Waals surface area contributed by atoms with Gasteiger partial charge in [0.15, 0.2) is 11.6 Å². The van der Waals surface area contributed by atoms with Gasteiger partial charge >= 0.3 is 5.97 Å². The number of rotatable bonds is 10. The van der Waals surface area contributed by atoms with Gasteiger partial charge in [-0.3, -0.25) is 14.7 Å². The molecule has 1 aromatic heterocycles. The normalized spacial score (nSPS) is 16.4. The number of benzene rings is 2. The summed E-state index contributed by atoms with van der Waals surface area (Å²) in [4.78, 5) is 18.6. The number of aliphatic carboxylic acids is 1. The Morgan fingerprint density at radius 2 is 1.92 bits per heavy atom. The number of aryl methyl sites for hydroxylation is 1. The summed E-state index contributed by atoms with van der Waals surface area (Å²) in [6.45, 7) is 2.92. The first-order chi connectivity index (χ1) is 18.1. The first-order valence-corrected chi connectivity index (χ1v) is 12.4. The van der Waals surface area contributed by atoms with E-state index in [-0.39, 0.29) is 19.4 Å². The third-order valence-electron chi connectivity index (χ3n) is 7.40. The molecule has 0 saturated carbocycles. The molecule has 4 rings (SSSR count). The molecule has 38 heavy (non-hydrogen) atoms. The Morgan fingerprint density at radius 3 is 2.61 bits per heavy atom. The van der Waals surface area contributed by atoms with Gasteiger partial charge in [-0.25, -0.2) is 13.2 Å². The van der Waals surface area contributed by atoms with Gasteiger partial charge in [0.1, 0.15) is 24.3 Å². The Hall–Kier alpha value is -3.40. The molecule has 1 fully saturated rings. The van der Waals surface area contributed by atoms with E-state index in [0.29, 0.717) is 66.3 Å². The molecule has 1 unspecified atom stereocenters. The zero-order chi connectivity index (χ0) is 27.4. The van der Waals surface area contributed by atoms with Crippen LogP contribution in [0.25, 0.3) is 10.9 Å². The number of carboxylic acids is 1. The van der Waals surface area contributed by atoms with Crippen LogP contribution in [0.1, 0.15) is 43.0 Å². The third-order valence-corrected chi connectivity index (χ3v) is 7.40. The van der Waals surface area contributed by atoms with Gasteiger partial charge in [-0.05, 0) is 75.0 Å². The monoisotopic (exact) mass is 534 g/mol.